The summed E-state index contributed by atoms with van der Waals surface area (Å²) in [6, 6.07) is 66.8. The van der Waals surface area contributed by atoms with Gasteiger partial charge in [0.2, 0.25) is 0 Å². The number of hydrogen-bond acceptors (Lipinski definition) is 0. The maximum absolute atomic E-state index is 2.44. The predicted molar refractivity (Wildman–Crippen MR) is 213 cm³/mol. The number of para-hydroxylation sites is 3. The number of hydrogen-bond donors (Lipinski definition) is 0. The Labute approximate surface area is 288 Å². The smallest absolute Gasteiger partial charge is 0.0561 e. The SMILES string of the molecule is c1cc(-c2ccc3c4ccccc4c4ccccc4c3c2)cc(-n2c3ccccc3c3ccc(-n4c5ccccc5c5ccccc54)cc32)c1. The van der Waals surface area contributed by atoms with Gasteiger partial charge in [-0.1, -0.05) is 133 Å². The predicted octanol–water partition coefficient (Wildman–Crippen LogP) is 13.0. The highest BCUT2D eigenvalue weighted by atomic mass is 15.0. The van der Waals surface area contributed by atoms with Crippen LogP contribution in [0.4, 0.5) is 0 Å². The zero-order valence-corrected chi connectivity index (χ0v) is 27.2. The molecule has 0 aliphatic carbocycles. The van der Waals surface area contributed by atoms with Gasteiger partial charge in [-0.3, -0.25) is 0 Å². The second kappa shape index (κ2) is 10.4. The first kappa shape index (κ1) is 27.3. The summed E-state index contributed by atoms with van der Waals surface area (Å²) in [5.41, 5.74) is 9.55. The Kier molecular flexibility index (Phi) is 5.70. The molecule has 0 bridgehead atoms. The Bertz CT molecular complexity index is 3070. The van der Waals surface area contributed by atoms with Crippen LogP contribution in [-0.2, 0) is 0 Å². The summed E-state index contributed by atoms with van der Waals surface area (Å²) in [6.45, 7) is 0. The lowest BCUT2D eigenvalue weighted by Crippen LogP contribution is -1.97. The van der Waals surface area contributed by atoms with Crippen LogP contribution in [0.3, 0.4) is 0 Å². The van der Waals surface area contributed by atoms with Gasteiger partial charge in [-0.15, -0.1) is 0 Å². The van der Waals surface area contributed by atoms with E-state index in [9.17, 15) is 0 Å². The molecule has 2 heterocycles. The molecule has 0 aliphatic rings. The first-order valence-electron chi connectivity index (χ1n) is 17.3. The maximum Gasteiger partial charge on any atom is 0.0561 e. The van der Waals surface area contributed by atoms with Gasteiger partial charge in [0.25, 0.3) is 0 Å². The lowest BCUT2D eigenvalue weighted by Gasteiger charge is -2.14. The fraction of sp³-hybridized carbons (Fsp3) is 0. The van der Waals surface area contributed by atoms with Crippen LogP contribution in [0, 0.1) is 0 Å². The molecule has 0 saturated carbocycles. The van der Waals surface area contributed by atoms with E-state index < -0.39 is 0 Å². The molecule has 0 aliphatic heterocycles. The molecule has 11 rings (SSSR count). The molecule has 2 aromatic heterocycles. The highest BCUT2D eigenvalue weighted by Crippen LogP contribution is 2.39. The molecule has 0 N–H and O–H groups in total. The van der Waals surface area contributed by atoms with E-state index in [1.54, 1.807) is 0 Å². The average molecular weight is 635 g/mol. The van der Waals surface area contributed by atoms with Gasteiger partial charge in [0, 0.05) is 32.9 Å². The highest BCUT2D eigenvalue weighted by Gasteiger charge is 2.17. The number of aromatic nitrogens is 2. The molecule has 0 spiro atoms. The van der Waals surface area contributed by atoms with Crippen LogP contribution in [0.1, 0.15) is 0 Å². The first-order chi connectivity index (χ1) is 24.8. The van der Waals surface area contributed by atoms with Gasteiger partial charge in [0.05, 0.1) is 22.1 Å². The van der Waals surface area contributed by atoms with Crippen molar-refractivity contribution in [1.29, 1.82) is 0 Å². The van der Waals surface area contributed by atoms with Gasteiger partial charge >= 0.3 is 0 Å². The topological polar surface area (TPSA) is 9.86 Å². The van der Waals surface area contributed by atoms with Crippen LogP contribution < -0.4 is 0 Å². The van der Waals surface area contributed by atoms with Gasteiger partial charge in [0.15, 0.2) is 0 Å². The fourth-order valence-corrected chi connectivity index (χ4v) is 8.49. The number of nitrogens with zero attached hydrogens (tertiary/aromatic N) is 2. The van der Waals surface area contributed by atoms with E-state index in [-0.39, 0.29) is 0 Å². The van der Waals surface area contributed by atoms with Crippen LogP contribution >= 0.6 is 0 Å². The third kappa shape index (κ3) is 3.85. The number of rotatable bonds is 3. The van der Waals surface area contributed by atoms with Crippen molar-refractivity contribution < 1.29 is 0 Å². The van der Waals surface area contributed by atoms with Crippen molar-refractivity contribution in [1.82, 2.24) is 9.13 Å². The lowest BCUT2D eigenvalue weighted by molar-refractivity contribution is 1.15. The Morgan fingerprint density at radius 2 is 0.620 bits per heavy atom. The van der Waals surface area contributed by atoms with Gasteiger partial charge in [-0.05, 0) is 92.0 Å². The molecule has 0 fully saturated rings. The maximum atomic E-state index is 2.44. The van der Waals surface area contributed by atoms with Gasteiger partial charge in [0.1, 0.15) is 0 Å². The quantitative estimate of drug-likeness (QED) is 0.171. The Morgan fingerprint density at radius 1 is 0.220 bits per heavy atom. The van der Waals surface area contributed by atoms with Crippen LogP contribution in [0.2, 0.25) is 0 Å². The van der Waals surface area contributed by atoms with Crippen molar-refractivity contribution in [3.63, 3.8) is 0 Å². The summed E-state index contributed by atoms with van der Waals surface area (Å²) in [4.78, 5) is 0. The number of fused-ring (bicyclic) bond motifs is 12. The minimum Gasteiger partial charge on any atom is -0.309 e. The van der Waals surface area contributed by atoms with E-state index in [0.717, 1.165) is 11.4 Å². The third-order valence-electron chi connectivity index (χ3n) is 10.7. The van der Waals surface area contributed by atoms with Crippen molar-refractivity contribution in [2.24, 2.45) is 0 Å². The molecule has 0 amide bonds. The minimum absolute atomic E-state index is 1.15. The Morgan fingerprint density at radius 3 is 1.20 bits per heavy atom. The molecule has 9 aromatic carbocycles. The number of benzene rings is 9. The third-order valence-corrected chi connectivity index (χ3v) is 10.7. The van der Waals surface area contributed by atoms with Crippen LogP contribution in [-0.4, -0.2) is 9.13 Å². The van der Waals surface area contributed by atoms with Crippen LogP contribution in [0.15, 0.2) is 182 Å². The summed E-state index contributed by atoms with van der Waals surface area (Å²) >= 11 is 0. The van der Waals surface area contributed by atoms with E-state index in [0.29, 0.717) is 0 Å². The minimum atomic E-state index is 1.15. The Hall–Kier alpha value is -6.64. The molecule has 0 saturated heterocycles. The summed E-state index contributed by atoms with van der Waals surface area (Å²) < 4.78 is 4.85. The molecule has 232 valence electrons. The summed E-state index contributed by atoms with van der Waals surface area (Å²) in [7, 11) is 0. The zero-order chi connectivity index (χ0) is 32.8. The molecular formula is C48H30N2. The van der Waals surface area contributed by atoms with Gasteiger partial charge < -0.3 is 9.13 Å². The fourth-order valence-electron chi connectivity index (χ4n) is 8.49. The van der Waals surface area contributed by atoms with E-state index in [4.69, 9.17) is 0 Å². The monoisotopic (exact) mass is 634 g/mol. The normalized spacial score (nSPS) is 12.0. The van der Waals surface area contributed by atoms with Crippen molar-refractivity contribution in [3.8, 4) is 22.5 Å². The summed E-state index contributed by atoms with van der Waals surface area (Å²) in [5.74, 6) is 0. The average Bonchev–Trinajstić information content (AvgIpc) is 3.70. The lowest BCUT2D eigenvalue weighted by atomic mass is 9.92. The van der Waals surface area contributed by atoms with E-state index in [1.165, 1.54) is 87.1 Å². The second-order valence-electron chi connectivity index (χ2n) is 13.3. The molecule has 50 heavy (non-hydrogen) atoms. The van der Waals surface area contributed by atoms with E-state index in [1.807, 2.05) is 0 Å². The zero-order valence-electron chi connectivity index (χ0n) is 27.2. The van der Waals surface area contributed by atoms with E-state index in [2.05, 4.69) is 191 Å². The highest BCUT2D eigenvalue weighted by molar-refractivity contribution is 6.25. The molecule has 2 heteroatoms. The first-order valence-corrected chi connectivity index (χ1v) is 17.3. The summed E-state index contributed by atoms with van der Waals surface area (Å²) in [5, 5.41) is 12.8. The van der Waals surface area contributed by atoms with Crippen molar-refractivity contribution in [2.75, 3.05) is 0 Å². The Balaban J connectivity index is 1.14. The molecule has 2 nitrogen and oxygen atoms in total. The second-order valence-corrected chi connectivity index (χ2v) is 13.3. The molecule has 11 aromatic rings. The molecule has 0 atom stereocenters. The van der Waals surface area contributed by atoms with Crippen molar-refractivity contribution >= 4 is 75.9 Å². The summed E-state index contributed by atoms with van der Waals surface area (Å²) in [6.07, 6.45) is 0. The van der Waals surface area contributed by atoms with Crippen LogP contribution in [0.25, 0.3) is 98.4 Å². The van der Waals surface area contributed by atoms with Crippen LogP contribution in [0.5, 0.6) is 0 Å². The van der Waals surface area contributed by atoms with E-state index >= 15 is 0 Å². The van der Waals surface area contributed by atoms with Gasteiger partial charge in [-0.2, -0.15) is 0 Å². The molecule has 0 radical (unpaired) electrons. The van der Waals surface area contributed by atoms with Crippen molar-refractivity contribution in [2.45, 2.75) is 0 Å². The molecule has 0 unspecified atom stereocenters. The van der Waals surface area contributed by atoms with Crippen molar-refractivity contribution in [3.05, 3.63) is 182 Å². The largest absolute Gasteiger partial charge is 0.309 e. The standard InChI is InChI=1S/C48H30N2/c1-2-16-37-35(14-1)36-15-3-4-17-38(36)44-29-32(24-26-39(37)44)31-12-11-13-33(28-31)50-47-23-10-7-20-42(47)43-27-25-34(30-48(43)50)49-45-21-8-5-18-40(45)41-19-6-9-22-46(41)49/h1-30H. The van der Waals surface area contributed by atoms with Gasteiger partial charge in [-0.25, -0.2) is 0 Å². The molecular weight excluding hydrogens is 605 g/mol.